The molecule has 1 spiro atoms. The summed E-state index contributed by atoms with van der Waals surface area (Å²) in [6, 6.07) is 0. The van der Waals surface area contributed by atoms with Crippen molar-refractivity contribution in [3.63, 3.8) is 0 Å². The molecule has 4 aliphatic rings. The van der Waals surface area contributed by atoms with Crippen molar-refractivity contribution < 1.29 is 14.9 Å². The highest BCUT2D eigenvalue weighted by molar-refractivity contribution is 5.15. The summed E-state index contributed by atoms with van der Waals surface area (Å²) < 4.78 is 0. The summed E-state index contributed by atoms with van der Waals surface area (Å²) in [4.78, 5) is 11.3. The first-order valence-electron chi connectivity index (χ1n) is 6.44. The molecular formula is C13H22O3. The summed E-state index contributed by atoms with van der Waals surface area (Å²) >= 11 is 0. The maximum absolute atomic E-state index is 10.3. The predicted molar refractivity (Wildman–Crippen MR) is 59.7 cm³/mol. The van der Waals surface area contributed by atoms with Crippen molar-refractivity contribution in [2.24, 2.45) is 10.8 Å². The Morgan fingerprint density at radius 2 is 1.88 bits per heavy atom. The van der Waals surface area contributed by atoms with Crippen LogP contribution in [0.25, 0.3) is 0 Å². The van der Waals surface area contributed by atoms with E-state index in [9.17, 15) is 5.11 Å². The Bertz CT molecular complexity index is 298. The third kappa shape index (κ3) is 1.05. The van der Waals surface area contributed by atoms with E-state index in [4.69, 9.17) is 9.78 Å². The van der Waals surface area contributed by atoms with Crippen molar-refractivity contribution in [1.82, 2.24) is 0 Å². The first-order valence-corrected chi connectivity index (χ1v) is 6.44. The molecule has 2 saturated carbocycles. The van der Waals surface area contributed by atoms with E-state index in [1.807, 2.05) is 0 Å². The molecule has 0 radical (unpaired) electrons. The molecule has 0 aromatic carbocycles. The average molecular weight is 226 g/mol. The number of aliphatic hydroxyl groups is 1. The highest BCUT2D eigenvalue weighted by Crippen LogP contribution is 2.65. The van der Waals surface area contributed by atoms with Crippen LogP contribution in [0.5, 0.6) is 0 Å². The summed E-state index contributed by atoms with van der Waals surface area (Å²) in [5, 5.41) is 10.3. The van der Waals surface area contributed by atoms with Gasteiger partial charge >= 0.3 is 0 Å². The summed E-state index contributed by atoms with van der Waals surface area (Å²) in [5.74, 6) is 0. The van der Waals surface area contributed by atoms with E-state index < -0.39 is 0 Å². The molecule has 4 atom stereocenters. The fourth-order valence-corrected chi connectivity index (χ4v) is 4.41. The van der Waals surface area contributed by atoms with Crippen LogP contribution in [0.4, 0.5) is 0 Å². The fraction of sp³-hybridized carbons (Fsp3) is 1.00. The van der Waals surface area contributed by atoms with Crippen molar-refractivity contribution in [2.45, 2.75) is 70.7 Å². The molecule has 2 aliphatic carbocycles. The molecule has 16 heavy (non-hydrogen) atoms. The van der Waals surface area contributed by atoms with Gasteiger partial charge in [-0.05, 0) is 32.1 Å². The van der Waals surface area contributed by atoms with Crippen molar-refractivity contribution in [3.8, 4) is 0 Å². The molecule has 92 valence electrons. The number of rotatable bonds is 0. The molecule has 2 bridgehead atoms. The van der Waals surface area contributed by atoms with Crippen LogP contribution in [0.2, 0.25) is 0 Å². The number of aliphatic hydroxyl groups excluding tert-OH is 1. The lowest BCUT2D eigenvalue weighted by molar-refractivity contribution is -0.496. The largest absolute Gasteiger partial charge is 0.392 e. The SMILES string of the molecule is CC1(C)[C@H](O)CC[C@@]2(C)C[C@@H]3CC[C@]12OO3. The zero-order valence-corrected chi connectivity index (χ0v) is 10.5. The van der Waals surface area contributed by atoms with Crippen LogP contribution in [0, 0.1) is 10.8 Å². The minimum atomic E-state index is -0.285. The molecular weight excluding hydrogens is 204 g/mol. The van der Waals surface area contributed by atoms with Gasteiger partial charge in [-0.1, -0.05) is 20.8 Å². The minimum Gasteiger partial charge on any atom is -0.392 e. The molecule has 2 saturated heterocycles. The maximum Gasteiger partial charge on any atom is 0.117 e. The van der Waals surface area contributed by atoms with E-state index in [0.29, 0.717) is 0 Å². The quantitative estimate of drug-likeness (QED) is 0.645. The molecule has 4 fully saturated rings. The van der Waals surface area contributed by atoms with Gasteiger partial charge in [-0.15, -0.1) is 0 Å². The van der Waals surface area contributed by atoms with Crippen molar-refractivity contribution in [3.05, 3.63) is 0 Å². The summed E-state index contributed by atoms with van der Waals surface area (Å²) in [7, 11) is 0. The van der Waals surface area contributed by atoms with Gasteiger partial charge in [-0.25, -0.2) is 9.78 Å². The molecule has 3 heteroatoms. The van der Waals surface area contributed by atoms with Gasteiger partial charge in [0.1, 0.15) is 5.60 Å². The van der Waals surface area contributed by atoms with Gasteiger partial charge in [0, 0.05) is 10.8 Å². The summed E-state index contributed by atoms with van der Waals surface area (Å²) in [5.41, 5.74) is -0.325. The van der Waals surface area contributed by atoms with E-state index in [1.54, 1.807) is 0 Å². The van der Waals surface area contributed by atoms with Crippen LogP contribution in [-0.4, -0.2) is 22.9 Å². The van der Waals surface area contributed by atoms with E-state index >= 15 is 0 Å². The predicted octanol–water partition coefficient (Wildman–Crippen LogP) is 2.43. The van der Waals surface area contributed by atoms with E-state index in [0.717, 1.165) is 32.1 Å². The van der Waals surface area contributed by atoms with Gasteiger partial charge in [-0.3, -0.25) is 0 Å². The average Bonchev–Trinajstić information content (AvgIpc) is 2.25. The lowest BCUT2D eigenvalue weighted by atomic mass is 9.47. The summed E-state index contributed by atoms with van der Waals surface area (Å²) in [6.07, 6.45) is 5.13. The van der Waals surface area contributed by atoms with Gasteiger partial charge in [0.25, 0.3) is 0 Å². The number of fused-ring (bicyclic) bond motifs is 2. The Balaban J connectivity index is 2.08. The lowest BCUT2D eigenvalue weighted by Gasteiger charge is -2.66. The van der Waals surface area contributed by atoms with Crippen LogP contribution in [0.15, 0.2) is 0 Å². The Morgan fingerprint density at radius 3 is 2.50 bits per heavy atom. The van der Waals surface area contributed by atoms with E-state index in [-0.39, 0.29) is 28.6 Å². The third-order valence-electron chi connectivity index (χ3n) is 5.64. The Morgan fingerprint density at radius 1 is 1.12 bits per heavy atom. The van der Waals surface area contributed by atoms with Crippen LogP contribution in [-0.2, 0) is 9.78 Å². The zero-order chi connectivity index (χ0) is 11.6. The highest BCUT2D eigenvalue weighted by Gasteiger charge is 2.68. The summed E-state index contributed by atoms with van der Waals surface area (Å²) in [6.45, 7) is 6.57. The molecule has 3 nitrogen and oxygen atoms in total. The van der Waals surface area contributed by atoms with Gasteiger partial charge < -0.3 is 5.11 Å². The Labute approximate surface area is 97.1 Å². The third-order valence-corrected chi connectivity index (χ3v) is 5.64. The molecule has 4 rings (SSSR count). The van der Waals surface area contributed by atoms with Gasteiger partial charge in [-0.2, -0.15) is 0 Å². The molecule has 2 aliphatic heterocycles. The Hall–Kier alpha value is -0.120. The van der Waals surface area contributed by atoms with E-state index in [1.165, 1.54) is 0 Å². The highest BCUT2D eigenvalue weighted by atomic mass is 17.2. The van der Waals surface area contributed by atoms with Crippen molar-refractivity contribution in [1.29, 1.82) is 0 Å². The molecule has 0 unspecified atom stereocenters. The Kier molecular flexibility index (Phi) is 2.07. The number of hydrogen-bond acceptors (Lipinski definition) is 3. The molecule has 2 heterocycles. The smallest absolute Gasteiger partial charge is 0.117 e. The molecule has 1 N–H and O–H groups in total. The van der Waals surface area contributed by atoms with Crippen molar-refractivity contribution >= 4 is 0 Å². The van der Waals surface area contributed by atoms with Crippen molar-refractivity contribution in [2.75, 3.05) is 0 Å². The standard InChI is InChI=1S/C13H22O3/c1-11(2)10(14)5-6-12(3)8-9-4-7-13(11,12)16-15-9/h9-10,14H,4-8H2,1-3H3/t9-,10+,12-,13-/m0/s1. The molecule has 0 amide bonds. The zero-order valence-electron chi connectivity index (χ0n) is 10.5. The van der Waals surface area contributed by atoms with Crippen LogP contribution < -0.4 is 0 Å². The van der Waals surface area contributed by atoms with Gasteiger partial charge in [0.05, 0.1) is 12.2 Å². The molecule has 0 aromatic rings. The first kappa shape index (κ1) is 11.0. The van der Waals surface area contributed by atoms with Crippen LogP contribution >= 0.6 is 0 Å². The minimum absolute atomic E-state index is 0.177. The van der Waals surface area contributed by atoms with Crippen LogP contribution in [0.3, 0.4) is 0 Å². The fourth-order valence-electron chi connectivity index (χ4n) is 4.41. The maximum atomic E-state index is 10.3. The lowest BCUT2D eigenvalue weighted by Crippen LogP contribution is -2.70. The second-order valence-corrected chi connectivity index (χ2v) is 6.71. The molecule has 0 aromatic heterocycles. The van der Waals surface area contributed by atoms with Crippen LogP contribution in [0.1, 0.15) is 52.9 Å². The van der Waals surface area contributed by atoms with Gasteiger partial charge in [0.15, 0.2) is 0 Å². The second kappa shape index (κ2) is 3.01. The normalized spacial score (nSPS) is 54.8. The topological polar surface area (TPSA) is 38.7 Å². The first-order chi connectivity index (χ1) is 7.41. The van der Waals surface area contributed by atoms with Gasteiger partial charge in [0.2, 0.25) is 0 Å². The monoisotopic (exact) mass is 226 g/mol. The van der Waals surface area contributed by atoms with E-state index in [2.05, 4.69) is 20.8 Å². The number of hydrogen-bond donors (Lipinski definition) is 1. The second-order valence-electron chi connectivity index (χ2n) is 6.71.